The molecule has 0 radical (unpaired) electrons. The first-order valence-electron chi connectivity index (χ1n) is 12.1. The van der Waals surface area contributed by atoms with E-state index in [-0.39, 0.29) is 17.4 Å². The van der Waals surface area contributed by atoms with Crippen molar-refractivity contribution in [1.82, 2.24) is 20.9 Å². The highest BCUT2D eigenvalue weighted by atomic mass is 19.4. The van der Waals surface area contributed by atoms with Crippen molar-refractivity contribution in [3.05, 3.63) is 0 Å². The van der Waals surface area contributed by atoms with Gasteiger partial charge < -0.3 is 10.5 Å². The number of nitrogens with two attached hydrogens (primary N) is 1. The first kappa shape index (κ1) is 27.5. The smallest absolute Gasteiger partial charge is 0.378 e. The van der Waals surface area contributed by atoms with Crippen LogP contribution in [0.4, 0.5) is 17.6 Å². The summed E-state index contributed by atoms with van der Waals surface area (Å²) in [5.41, 5.74) is 5.41. The lowest BCUT2D eigenvalue weighted by Gasteiger charge is -2.49. The van der Waals surface area contributed by atoms with Crippen LogP contribution in [0.5, 0.6) is 0 Å². The summed E-state index contributed by atoms with van der Waals surface area (Å²) in [7, 11) is 0. The van der Waals surface area contributed by atoms with Crippen LogP contribution in [0.1, 0.15) is 52.9 Å². The summed E-state index contributed by atoms with van der Waals surface area (Å²) in [5.74, 6) is -0.441. The fourth-order valence-corrected chi connectivity index (χ4v) is 5.37. The van der Waals surface area contributed by atoms with Crippen LogP contribution < -0.4 is 21.7 Å². The van der Waals surface area contributed by atoms with E-state index in [0.29, 0.717) is 58.5 Å². The Balaban J connectivity index is 1.64. The van der Waals surface area contributed by atoms with Gasteiger partial charge in [0.25, 0.3) is 0 Å². The summed E-state index contributed by atoms with van der Waals surface area (Å²) in [5, 5.41) is 9.30. The van der Waals surface area contributed by atoms with Crippen LogP contribution in [0, 0.1) is 11.3 Å². The molecule has 1 aliphatic carbocycles. The molecule has 3 rings (SSSR count). The van der Waals surface area contributed by atoms with Crippen molar-refractivity contribution in [3.8, 4) is 0 Å². The first-order valence-corrected chi connectivity index (χ1v) is 12.1. The normalized spacial score (nSPS) is 35.1. The molecule has 0 aromatic rings. The second-order valence-corrected chi connectivity index (χ2v) is 10.8. The van der Waals surface area contributed by atoms with Crippen LogP contribution in [0.15, 0.2) is 0 Å². The van der Waals surface area contributed by atoms with Crippen LogP contribution in [-0.2, 0) is 14.3 Å². The fraction of sp³-hybridized carbons (Fsp3) is 0.955. The molecule has 2 aliphatic heterocycles. The monoisotopic (exact) mass is 497 g/mol. The van der Waals surface area contributed by atoms with Crippen molar-refractivity contribution < 1.29 is 31.8 Å². The molecule has 0 aromatic heterocycles. The quantitative estimate of drug-likeness (QED) is 0.398. The van der Waals surface area contributed by atoms with Gasteiger partial charge in [-0.3, -0.25) is 30.4 Å². The Bertz CT molecular complexity index is 670. The molecule has 34 heavy (non-hydrogen) atoms. The number of halogens is 4. The molecule has 4 unspecified atom stereocenters. The predicted molar refractivity (Wildman–Crippen MR) is 118 cm³/mol. The lowest BCUT2D eigenvalue weighted by atomic mass is 9.81. The van der Waals surface area contributed by atoms with Gasteiger partial charge in [0.15, 0.2) is 6.17 Å². The number of hydrogen-bond donors (Lipinski definition) is 4. The Morgan fingerprint density at radius 2 is 1.88 bits per heavy atom. The molecule has 0 aromatic carbocycles. The molecule has 3 fully saturated rings. The maximum Gasteiger partial charge on any atom is 0.522 e. The van der Waals surface area contributed by atoms with Gasteiger partial charge in [0.2, 0.25) is 5.91 Å². The van der Waals surface area contributed by atoms with E-state index >= 15 is 4.39 Å². The Morgan fingerprint density at radius 3 is 2.47 bits per heavy atom. The summed E-state index contributed by atoms with van der Waals surface area (Å²) in [6.45, 7) is 7.66. The molecule has 0 bridgehead atoms. The van der Waals surface area contributed by atoms with Crippen LogP contribution >= 0.6 is 0 Å². The number of hydrogen-bond acceptors (Lipinski definition) is 7. The third-order valence-electron chi connectivity index (χ3n) is 6.92. The molecular weight excluding hydrogens is 458 g/mol. The molecule has 3 aliphatic rings. The highest BCUT2D eigenvalue weighted by Crippen LogP contribution is 2.35. The van der Waals surface area contributed by atoms with Gasteiger partial charge in [-0.2, -0.15) is 0 Å². The SMILES string of the molecule is CC(C)(C)C[C@@H](NC1NCNC(N2CCOCC2C2CCC(OC(F)(F)F)CC2)C1F)C(N)=O. The maximum atomic E-state index is 15.8. The van der Waals surface area contributed by atoms with E-state index in [1.54, 1.807) is 0 Å². The van der Waals surface area contributed by atoms with Crippen molar-refractivity contribution in [1.29, 1.82) is 0 Å². The minimum Gasteiger partial charge on any atom is -0.378 e. The standard InChI is InChI=1S/C22H39F4N5O3/c1-21(2,3)10-15(18(27)32)30-19-17(23)20(29-12-28-19)31-8-9-33-11-16(31)13-4-6-14(7-5-13)34-22(24,25)26/h13-17,19-20,28-30H,4-12H2,1-3H3,(H2,27,32)/t13?,14?,15-,16?,17?,19?,20?/m1/s1. The van der Waals surface area contributed by atoms with E-state index in [1.165, 1.54) is 0 Å². The average Bonchev–Trinajstić information content (AvgIpc) is 2.73. The van der Waals surface area contributed by atoms with E-state index in [9.17, 15) is 18.0 Å². The number of primary amides is 1. The molecule has 198 valence electrons. The number of amides is 1. The molecular formula is C22H39F4N5O3. The Labute approximate surface area is 198 Å². The number of carbonyl (C=O) groups is 1. The van der Waals surface area contributed by atoms with E-state index in [1.807, 2.05) is 25.7 Å². The molecule has 8 nitrogen and oxygen atoms in total. The molecule has 1 amide bonds. The fourth-order valence-electron chi connectivity index (χ4n) is 5.37. The zero-order valence-corrected chi connectivity index (χ0v) is 20.2. The summed E-state index contributed by atoms with van der Waals surface area (Å²) in [4.78, 5) is 14.0. The number of nitrogens with zero attached hydrogens (tertiary/aromatic N) is 1. The van der Waals surface area contributed by atoms with Crippen molar-refractivity contribution in [2.75, 3.05) is 26.4 Å². The molecule has 2 saturated heterocycles. The van der Waals surface area contributed by atoms with Crippen LogP contribution in [-0.4, -0.2) is 80.3 Å². The van der Waals surface area contributed by atoms with Gasteiger partial charge in [0.1, 0.15) is 0 Å². The lowest BCUT2D eigenvalue weighted by molar-refractivity contribution is -0.346. The number of morpholine rings is 1. The van der Waals surface area contributed by atoms with Gasteiger partial charge in [0.05, 0.1) is 37.7 Å². The highest BCUT2D eigenvalue weighted by Gasteiger charge is 2.45. The molecule has 1 saturated carbocycles. The average molecular weight is 498 g/mol. The third-order valence-corrected chi connectivity index (χ3v) is 6.92. The molecule has 2 heterocycles. The minimum atomic E-state index is -4.63. The highest BCUT2D eigenvalue weighted by molar-refractivity contribution is 5.79. The number of carbonyl (C=O) groups excluding carboxylic acids is 1. The van der Waals surface area contributed by atoms with Crippen LogP contribution in [0.3, 0.4) is 0 Å². The number of alkyl halides is 4. The van der Waals surface area contributed by atoms with E-state index in [4.69, 9.17) is 10.5 Å². The minimum absolute atomic E-state index is 0.0861. The summed E-state index contributed by atoms with van der Waals surface area (Å²) >= 11 is 0. The lowest BCUT2D eigenvalue weighted by Crippen LogP contribution is -2.72. The molecule has 5 N–H and O–H groups in total. The molecule has 5 atom stereocenters. The second-order valence-electron chi connectivity index (χ2n) is 10.8. The summed E-state index contributed by atoms with van der Waals surface area (Å²) < 4.78 is 63.4. The second kappa shape index (κ2) is 11.3. The van der Waals surface area contributed by atoms with Crippen molar-refractivity contribution in [3.63, 3.8) is 0 Å². The van der Waals surface area contributed by atoms with Gasteiger partial charge in [-0.05, 0) is 43.4 Å². The van der Waals surface area contributed by atoms with Crippen molar-refractivity contribution in [2.24, 2.45) is 17.1 Å². The Hall–Kier alpha value is -1.05. The molecule has 0 spiro atoms. The topological polar surface area (TPSA) is 101 Å². The summed E-state index contributed by atoms with van der Waals surface area (Å²) in [6, 6.07) is -0.796. The van der Waals surface area contributed by atoms with Gasteiger partial charge in [0, 0.05) is 19.3 Å². The van der Waals surface area contributed by atoms with Gasteiger partial charge >= 0.3 is 6.36 Å². The van der Waals surface area contributed by atoms with Crippen LogP contribution in [0.2, 0.25) is 0 Å². The van der Waals surface area contributed by atoms with Crippen molar-refractivity contribution in [2.45, 2.75) is 95.9 Å². The summed E-state index contributed by atoms with van der Waals surface area (Å²) in [6.07, 6.45) is -6.04. The van der Waals surface area contributed by atoms with Gasteiger partial charge in [-0.15, -0.1) is 13.2 Å². The molecule has 12 heteroatoms. The van der Waals surface area contributed by atoms with Gasteiger partial charge in [-0.1, -0.05) is 20.8 Å². The maximum absolute atomic E-state index is 15.8. The number of ether oxygens (including phenoxy) is 2. The zero-order chi connectivity index (χ0) is 25.1. The third kappa shape index (κ3) is 7.72. The van der Waals surface area contributed by atoms with Gasteiger partial charge in [-0.25, -0.2) is 4.39 Å². The number of nitrogens with one attached hydrogen (secondary N) is 3. The van der Waals surface area contributed by atoms with Crippen LogP contribution in [0.25, 0.3) is 0 Å². The Kier molecular flexibility index (Phi) is 9.18. The first-order chi connectivity index (χ1) is 15.8. The number of rotatable bonds is 7. The predicted octanol–water partition coefficient (Wildman–Crippen LogP) is 1.80. The largest absolute Gasteiger partial charge is 0.522 e. The van der Waals surface area contributed by atoms with Crippen molar-refractivity contribution >= 4 is 5.91 Å². The Morgan fingerprint density at radius 1 is 1.21 bits per heavy atom. The van der Waals surface area contributed by atoms with E-state index in [0.717, 1.165) is 0 Å². The zero-order valence-electron chi connectivity index (χ0n) is 20.2. The van der Waals surface area contributed by atoms with E-state index < -0.39 is 42.9 Å². The van der Waals surface area contributed by atoms with E-state index in [2.05, 4.69) is 20.7 Å².